The lowest BCUT2D eigenvalue weighted by Crippen LogP contribution is -2.33. The van der Waals surface area contributed by atoms with Crippen LogP contribution in [0.2, 0.25) is 0 Å². The normalized spacial score (nSPS) is 22.7. The third kappa shape index (κ3) is 3.84. The number of piperidine rings is 1. The lowest BCUT2D eigenvalue weighted by atomic mass is 9.88. The van der Waals surface area contributed by atoms with Gasteiger partial charge in [0.25, 0.3) is 0 Å². The van der Waals surface area contributed by atoms with Gasteiger partial charge in [-0.3, -0.25) is 14.4 Å². The minimum atomic E-state index is -0.163. The minimum Gasteiger partial charge on any atom is -0.356 e. The fourth-order valence-electron chi connectivity index (χ4n) is 4.61. The van der Waals surface area contributed by atoms with Crippen LogP contribution in [0, 0.1) is 11.8 Å². The Bertz CT molecular complexity index is 740. The largest absolute Gasteiger partial charge is 0.356 e. The van der Waals surface area contributed by atoms with Crippen molar-refractivity contribution in [2.75, 3.05) is 19.6 Å². The van der Waals surface area contributed by atoms with E-state index in [-0.39, 0.29) is 17.7 Å². The Morgan fingerprint density at radius 3 is 2.70 bits per heavy atom. The van der Waals surface area contributed by atoms with Crippen molar-refractivity contribution in [3.63, 3.8) is 0 Å². The van der Waals surface area contributed by atoms with Crippen LogP contribution in [0.3, 0.4) is 0 Å². The molecule has 1 aromatic carbocycles. The second-order valence-electron chi connectivity index (χ2n) is 8.07. The molecule has 1 aromatic rings. The van der Waals surface area contributed by atoms with Crippen LogP contribution in [0.5, 0.6) is 0 Å². The summed E-state index contributed by atoms with van der Waals surface area (Å²) in [6.45, 7) is 3.68. The van der Waals surface area contributed by atoms with Gasteiger partial charge in [-0.1, -0.05) is 18.2 Å². The number of nitrogens with zero attached hydrogens (tertiary/aromatic N) is 2. The Balaban J connectivity index is 1.39. The standard InChI is InChI=1S/C21H27N3O3/c25-14-23-8-5-15(6-9-23)10-16-2-1-3-18-12-24(13-19(16)18)20(26)11-17-4-7-22-21(17)27/h1-3,14-15,17H,4-13H2,(H,22,27). The quantitative estimate of drug-likeness (QED) is 0.799. The molecule has 3 heterocycles. The average Bonchev–Trinajstić information content (AvgIpc) is 3.29. The molecule has 3 amide bonds. The number of amides is 3. The molecule has 6 heteroatoms. The van der Waals surface area contributed by atoms with E-state index in [0.29, 0.717) is 32.0 Å². The first kappa shape index (κ1) is 18.0. The summed E-state index contributed by atoms with van der Waals surface area (Å²) in [7, 11) is 0. The van der Waals surface area contributed by atoms with Crippen molar-refractivity contribution in [3.8, 4) is 0 Å². The Morgan fingerprint density at radius 1 is 1.19 bits per heavy atom. The van der Waals surface area contributed by atoms with Crippen molar-refractivity contribution in [1.29, 1.82) is 0 Å². The fraction of sp³-hybridized carbons (Fsp3) is 0.571. The third-order valence-electron chi connectivity index (χ3n) is 6.32. The van der Waals surface area contributed by atoms with Gasteiger partial charge in [-0.15, -0.1) is 0 Å². The van der Waals surface area contributed by atoms with Crippen LogP contribution in [-0.2, 0) is 33.9 Å². The third-order valence-corrected chi connectivity index (χ3v) is 6.32. The van der Waals surface area contributed by atoms with Crippen LogP contribution in [-0.4, -0.2) is 47.7 Å². The number of hydrogen-bond donors (Lipinski definition) is 1. The van der Waals surface area contributed by atoms with E-state index in [0.717, 1.165) is 45.2 Å². The van der Waals surface area contributed by atoms with Gasteiger partial charge in [-0.25, -0.2) is 0 Å². The van der Waals surface area contributed by atoms with E-state index < -0.39 is 0 Å². The van der Waals surface area contributed by atoms with E-state index in [1.54, 1.807) is 0 Å². The topological polar surface area (TPSA) is 69.7 Å². The molecule has 3 aliphatic heterocycles. The summed E-state index contributed by atoms with van der Waals surface area (Å²) in [6, 6.07) is 6.39. The van der Waals surface area contributed by atoms with Crippen molar-refractivity contribution in [1.82, 2.24) is 15.1 Å². The van der Waals surface area contributed by atoms with Gasteiger partial charge in [0.1, 0.15) is 0 Å². The van der Waals surface area contributed by atoms with Gasteiger partial charge in [-0.05, 0) is 48.3 Å². The molecule has 0 aromatic heterocycles. The maximum atomic E-state index is 12.7. The monoisotopic (exact) mass is 369 g/mol. The molecule has 0 saturated carbocycles. The van der Waals surface area contributed by atoms with Crippen LogP contribution in [0.15, 0.2) is 18.2 Å². The fourth-order valence-corrected chi connectivity index (χ4v) is 4.61. The highest BCUT2D eigenvalue weighted by atomic mass is 16.2. The summed E-state index contributed by atoms with van der Waals surface area (Å²) in [6.07, 6.45) is 5.13. The molecule has 2 fully saturated rings. The second kappa shape index (κ2) is 7.71. The molecule has 1 N–H and O–H groups in total. The van der Waals surface area contributed by atoms with Gasteiger partial charge in [0, 0.05) is 45.1 Å². The summed E-state index contributed by atoms with van der Waals surface area (Å²) in [5.41, 5.74) is 3.87. The summed E-state index contributed by atoms with van der Waals surface area (Å²) >= 11 is 0. The van der Waals surface area contributed by atoms with Gasteiger partial charge >= 0.3 is 0 Å². The van der Waals surface area contributed by atoms with E-state index >= 15 is 0 Å². The van der Waals surface area contributed by atoms with Crippen molar-refractivity contribution in [2.24, 2.45) is 11.8 Å². The van der Waals surface area contributed by atoms with Crippen LogP contribution >= 0.6 is 0 Å². The van der Waals surface area contributed by atoms with Crippen LogP contribution < -0.4 is 5.32 Å². The maximum Gasteiger partial charge on any atom is 0.223 e. The molecule has 6 nitrogen and oxygen atoms in total. The number of rotatable bonds is 5. The van der Waals surface area contributed by atoms with E-state index in [9.17, 15) is 14.4 Å². The smallest absolute Gasteiger partial charge is 0.223 e. The molecular formula is C21H27N3O3. The van der Waals surface area contributed by atoms with Gasteiger partial charge in [0.05, 0.1) is 0 Å². The maximum absolute atomic E-state index is 12.7. The zero-order chi connectivity index (χ0) is 18.8. The Labute approximate surface area is 159 Å². The number of hydrogen-bond acceptors (Lipinski definition) is 3. The lowest BCUT2D eigenvalue weighted by Gasteiger charge is -2.29. The molecule has 0 radical (unpaired) electrons. The summed E-state index contributed by atoms with van der Waals surface area (Å²) < 4.78 is 0. The first-order chi connectivity index (χ1) is 13.1. The number of likely N-dealkylation sites (tertiary alicyclic amines) is 1. The van der Waals surface area contributed by atoms with E-state index in [2.05, 4.69) is 23.5 Å². The number of nitrogens with one attached hydrogen (secondary N) is 1. The van der Waals surface area contributed by atoms with Gasteiger partial charge in [0.2, 0.25) is 18.2 Å². The number of fused-ring (bicyclic) bond motifs is 1. The van der Waals surface area contributed by atoms with Crippen molar-refractivity contribution < 1.29 is 14.4 Å². The average molecular weight is 369 g/mol. The van der Waals surface area contributed by atoms with Crippen LogP contribution in [0.1, 0.15) is 42.4 Å². The van der Waals surface area contributed by atoms with Gasteiger partial charge < -0.3 is 15.1 Å². The second-order valence-corrected chi connectivity index (χ2v) is 8.07. The molecule has 4 rings (SSSR count). The first-order valence-electron chi connectivity index (χ1n) is 9.98. The molecule has 2 saturated heterocycles. The van der Waals surface area contributed by atoms with E-state index in [4.69, 9.17) is 0 Å². The Kier molecular flexibility index (Phi) is 5.14. The summed E-state index contributed by atoms with van der Waals surface area (Å²) in [5, 5.41) is 2.81. The van der Waals surface area contributed by atoms with Crippen molar-refractivity contribution in [3.05, 3.63) is 34.9 Å². The molecule has 1 unspecified atom stereocenters. The van der Waals surface area contributed by atoms with E-state index in [1.807, 2.05) is 9.80 Å². The summed E-state index contributed by atoms with van der Waals surface area (Å²) in [4.78, 5) is 39.1. The molecule has 27 heavy (non-hydrogen) atoms. The predicted molar refractivity (Wildman–Crippen MR) is 100 cm³/mol. The van der Waals surface area contributed by atoms with Crippen LogP contribution in [0.25, 0.3) is 0 Å². The van der Waals surface area contributed by atoms with Crippen LogP contribution in [0.4, 0.5) is 0 Å². The molecule has 3 aliphatic rings. The predicted octanol–water partition coefficient (Wildman–Crippen LogP) is 1.47. The minimum absolute atomic E-state index is 0.0161. The van der Waals surface area contributed by atoms with Gasteiger partial charge in [-0.2, -0.15) is 0 Å². The molecule has 144 valence electrons. The SMILES string of the molecule is O=CN1CCC(Cc2cccc3c2CN(C(=O)CC2CCNC2=O)C3)CC1. The molecule has 1 atom stereocenters. The number of carbonyl (C=O) groups excluding carboxylic acids is 3. The lowest BCUT2D eigenvalue weighted by molar-refractivity contribution is -0.135. The first-order valence-corrected chi connectivity index (χ1v) is 9.98. The van der Waals surface area contributed by atoms with Crippen molar-refractivity contribution >= 4 is 18.2 Å². The van der Waals surface area contributed by atoms with Gasteiger partial charge in [0.15, 0.2) is 0 Å². The zero-order valence-corrected chi connectivity index (χ0v) is 15.7. The van der Waals surface area contributed by atoms with E-state index in [1.165, 1.54) is 16.7 Å². The molecule has 0 bridgehead atoms. The van der Waals surface area contributed by atoms with Crippen molar-refractivity contribution in [2.45, 2.75) is 45.2 Å². The highest BCUT2D eigenvalue weighted by molar-refractivity contribution is 5.87. The Hall–Kier alpha value is -2.37. The molecular weight excluding hydrogens is 342 g/mol. The summed E-state index contributed by atoms with van der Waals surface area (Å²) in [5.74, 6) is 0.532. The highest BCUT2D eigenvalue weighted by Crippen LogP contribution is 2.31. The Morgan fingerprint density at radius 2 is 2.00 bits per heavy atom. The molecule has 0 spiro atoms. The number of benzene rings is 1. The number of carbonyl (C=O) groups is 3. The zero-order valence-electron chi connectivity index (χ0n) is 15.7. The highest BCUT2D eigenvalue weighted by Gasteiger charge is 2.31. The molecule has 0 aliphatic carbocycles.